The maximum atomic E-state index is 10.7. The van der Waals surface area contributed by atoms with Gasteiger partial charge in [-0.05, 0) is 38.1 Å². The third-order valence-corrected chi connectivity index (χ3v) is 3.67. The second-order valence-corrected chi connectivity index (χ2v) is 5.38. The minimum absolute atomic E-state index is 0.386. The van der Waals surface area contributed by atoms with E-state index in [0.29, 0.717) is 5.56 Å². The number of hydrogen-bond acceptors (Lipinski definition) is 3. The van der Waals surface area contributed by atoms with Crippen molar-refractivity contribution < 1.29 is 4.79 Å². The number of nitrogens with zero attached hydrogens (tertiary/aromatic N) is 2. The Labute approximate surface area is 124 Å². The molecule has 1 aliphatic heterocycles. The lowest BCUT2D eigenvalue weighted by atomic mass is 9.98. The number of allylic oxidation sites excluding steroid dienone is 1. The van der Waals surface area contributed by atoms with E-state index in [4.69, 9.17) is 4.98 Å². The van der Waals surface area contributed by atoms with Gasteiger partial charge in [0, 0.05) is 16.8 Å². The van der Waals surface area contributed by atoms with Crippen LogP contribution < -0.4 is 0 Å². The van der Waals surface area contributed by atoms with Gasteiger partial charge in [0.1, 0.15) is 11.8 Å². The fourth-order valence-electron chi connectivity index (χ4n) is 2.48. The Morgan fingerprint density at radius 1 is 1.10 bits per heavy atom. The summed E-state index contributed by atoms with van der Waals surface area (Å²) in [5, 5.41) is 0. The van der Waals surface area contributed by atoms with E-state index < -0.39 is 0 Å². The van der Waals surface area contributed by atoms with E-state index in [0.717, 1.165) is 28.9 Å². The predicted molar refractivity (Wildman–Crippen MR) is 84.7 cm³/mol. The van der Waals surface area contributed by atoms with Crippen LogP contribution in [0, 0.1) is 0 Å². The van der Waals surface area contributed by atoms with Crippen LogP contribution in [-0.4, -0.2) is 17.0 Å². The van der Waals surface area contributed by atoms with E-state index in [1.807, 2.05) is 43.3 Å². The average Bonchev–Trinajstić information content (AvgIpc) is 2.88. The Balaban J connectivity index is 2.00. The summed E-state index contributed by atoms with van der Waals surface area (Å²) in [5.41, 5.74) is 4.10. The molecule has 0 N–H and O–H groups in total. The second kappa shape index (κ2) is 5.09. The summed E-state index contributed by atoms with van der Waals surface area (Å²) in [6, 6.07) is 13.4. The molecule has 2 heterocycles. The second-order valence-electron chi connectivity index (χ2n) is 5.38. The van der Waals surface area contributed by atoms with Crippen LogP contribution in [0.25, 0.3) is 11.3 Å². The third-order valence-electron chi connectivity index (χ3n) is 3.67. The van der Waals surface area contributed by atoms with Gasteiger partial charge in [-0.25, -0.2) is 4.98 Å². The number of carbonyl (C=O) groups is 1. The molecule has 1 atom stereocenters. The van der Waals surface area contributed by atoms with Crippen LogP contribution in [0.5, 0.6) is 0 Å². The average molecular weight is 276 g/mol. The smallest absolute Gasteiger partial charge is 0.150 e. The Morgan fingerprint density at radius 2 is 1.86 bits per heavy atom. The van der Waals surface area contributed by atoms with Crippen molar-refractivity contribution in [3.8, 4) is 11.3 Å². The monoisotopic (exact) mass is 276 g/mol. The Hall–Kier alpha value is -2.55. The SMILES string of the molecule is CC1=NC(C)(c2cccc(-c3ccc(C=O)cc3)n2)C=C1. The number of carbonyl (C=O) groups excluding carboxylic acids is 1. The molecular formula is C18H16N2O. The molecule has 2 aromatic rings. The van der Waals surface area contributed by atoms with E-state index in [2.05, 4.69) is 18.0 Å². The number of rotatable bonds is 3. The number of aromatic nitrogens is 1. The van der Waals surface area contributed by atoms with Crippen molar-refractivity contribution in [1.29, 1.82) is 0 Å². The van der Waals surface area contributed by atoms with Crippen molar-refractivity contribution in [2.45, 2.75) is 19.4 Å². The first-order valence-corrected chi connectivity index (χ1v) is 6.89. The van der Waals surface area contributed by atoms with E-state index in [9.17, 15) is 4.79 Å². The van der Waals surface area contributed by atoms with Crippen LogP contribution in [0.3, 0.4) is 0 Å². The van der Waals surface area contributed by atoms with Crippen LogP contribution >= 0.6 is 0 Å². The topological polar surface area (TPSA) is 42.3 Å². The summed E-state index contributed by atoms with van der Waals surface area (Å²) < 4.78 is 0. The molecule has 0 amide bonds. The Kier molecular flexibility index (Phi) is 3.26. The fourth-order valence-corrected chi connectivity index (χ4v) is 2.48. The highest BCUT2D eigenvalue weighted by molar-refractivity contribution is 5.95. The van der Waals surface area contributed by atoms with E-state index in [-0.39, 0.29) is 5.54 Å². The Bertz CT molecular complexity index is 744. The lowest BCUT2D eigenvalue weighted by Crippen LogP contribution is -2.16. The van der Waals surface area contributed by atoms with Gasteiger partial charge in [-0.2, -0.15) is 0 Å². The zero-order valence-corrected chi connectivity index (χ0v) is 12.1. The molecule has 0 saturated heterocycles. The predicted octanol–water partition coefficient (Wildman–Crippen LogP) is 3.81. The molecule has 3 nitrogen and oxygen atoms in total. The van der Waals surface area contributed by atoms with E-state index >= 15 is 0 Å². The molecule has 3 rings (SSSR count). The van der Waals surface area contributed by atoms with Gasteiger partial charge in [-0.15, -0.1) is 0 Å². The maximum Gasteiger partial charge on any atom is 0.150 e. The number of hydrogen-bond donors (Lipinski definition) is 0. The van der Waals surface area contributed by atoms with E-state index in [1.165, 1.54) is 0 Å². The summed E-state index contributed by atoms with van der Waals surface area (Å²) in [5.74, 6) is 0. The largest absolute Gasteiger partial charge is 0.298 e. The zero-order chi connectivity index (χ0) is 14.9. The molecule has 0 fully saturated rings. The number of aldehydes is 1. The van der Waals surface area contributed by atoms with Gasteiger partial charge in [-0.3, -0.25) is 9.79 Å². The summed E-state index contributed by atoms with van der Waals surface area (Å²) in [7, 11) is 0. The number of pyridine rings is 1. The standard InChI is InChI=1S/C18H16N2O/c1-13-10-11-18(2,20-13)17-5-3-4-16(19-17)15-8-6-14(12-21)7-9-15/h3-12H,1-2H3. The van der Waals surface area contributed by atoms with Crippen LogP contribution in [0.2, 0.25) is 0 Å². The number of aliphatic imine (C=N–C) groups is 1. The van der Waals surface area contributed by atoms with Crippen molar-refractivity contribution in [3.63, 3.8) is 0 Å². The first kappa shape index (κ1) is 13.4. The minimum atomic E-state index is -0.386. The van der Waals surface area contributed by atoms with Crippen LogP contribution in [-0.2, 0) is 5.54 Å². The molecule has 1 unspecified atom stereocenters. The fraction of sp³-hybridized carbons (Fsp3) is 0.167. The molecule has 1 aliphatic rings. The quantitative estimate of drug-likeness (QED) is 0.800. The lowest BCUT2D eigenvalue weighted by molar-refractivity contribution is 0.112. The zero-order valence-electron chi connectivity index (χ0n) is 12.1. The van der Waals surface area contributed by atoms with Gasteiger partial charge in [0.15, 0.2) is 0 Å². The Morgan fingerprint density at radius 3 is 2.48 bits per heavy atom. The molecular weight excluding hydrogens is 260 g/mol. The molecule has 0 spiro atoms. The van der Waals surface area contributed by atoms with Gasteiger partial charge in [0.05, 0.1) is 11.4 Å². The molecule has 0 aliphatic carbocycles. The summed E-state index contributed by atoms with van der Waals surface area (Å²) in [6.07, 6.45) is 4.94. The lowest BCUT2D eigenvalue weighted by Gasteiger charge is -2.18. The molecule has 1 aromatic carbocycles. The normalized spacial score (nSPS) is 20.4. The highest BCUT2D eigenvalue weighted by atomic mass is 16.1. The molecule has 1 aromatic heterocycles. The van der Waals surface area contributed by atoms with Crippen LogP contribution in [0.15, 0.2) is 59.6 Å². The van der Waals surface area contributed by atoms with Crippen molar-refractivity contribution in [2.24, 2.45) is 4.99 Å². The summed E-state index contributed by atoms with van der Waals surface area (Å²) >= 11 is 0. The highest BCUT2D eigenvalue weighted by Gasteiger charge is 2.27. The minimum Gasteiger partial charge on any atom is -0.298 e. The number of benzene rings is 1. The summed E-state index contributed by atoms with van der Waals surface area (Å²) in [4.78, 5) is 20.1. The van der Waals surface area contributed by atoms with Crippen LogP contribution in [0.4, 0.5) is 0 Å². The van der Waals surface area contributed by atoms with Crippen molar-refractivity contribution in [1.82, 2.24) is 4.98 Å². The molecule has 0 radical (unpaired) electrons. The van der Waals surface area contributed by atoms with Gasteiger partial charge in [0.2, 0.25) is 0 Å². The van der Waals surface area contributed by atoms with Crippen molar-refractivity contribution in [3.05, 3.63) is 65.9 Å². The van der Waals surface area contributed by atoms with Gasteiger partial charge >= 0.3 is 0 Å². The first-order valence-electron chi connectivity index (χ1n) is 6.89. The maximum absolute atomic E-state index is 10.7. The molecule has 3 heteroatoms. The highest BCUT2D eigenvalue weighted by Crippen LogP contribution is 2.31. The molecule has 0 bridgehead atoms. The molecule has 104 valence electrons. The molecule has 0 saturated carbocycles. The van der Waals surface area contributed by atoms with Crippen molar-refractivity contribution in [2.75, 3.05) is 0 Å². The van der Waals surface area contributed by atoms with Crippen molar-refractivity contribution >= 4 is 12.0 Å². The summed E-state index contributed by atoms with van der Waals surface area (Å²) in [6.45, 7) is 4.05. The van der Waals surface area contributed by atoms with Crippen LogP contribution in [0.1, 0.15) is 29.9 Å². The van der Waals surface area contributed by atoms with Gasteiger partial charge in [0.25, 0.3) is 0 Å². The van der Waals surface area contributed by atoms with Gasteiger partial charge < -0.3 is 0 Å². The third kappa shape index (κ3) is 2.55. The van der Waals surface area contributed by atoms with Gasteiger partial charge in [-0.1, -0.05) is 30.3 Å². The molecule has 21 heavy (non-hydrogen) atoms. The first-order chi connectivity index (χ1) is 10.1. The van der Waals surface area contributed by atoms with E-state index in [1.54, 1.807) is 12.1 Å².